The van der Waals surface area contributed by atoms with Gasteiger partial charge in [-0.1, -0.05) is 13.8 Å². The van der Waals surface area contributed by atoms with Crippen LogP contribution >= 0.6 is 0 Å². The third-order valence-electron chi connectivity index (χ3n) is 2.57. The van der Waals surface area contributed by atoms with E-state index in [1.807, 2.05) is 20.8 Å². The van der Waals surface area contributed by atoms with Gasteiger partial charge in [0.25, 0.3) is 0 Å². The molecule has 0 fully saturated rings. The molecule has 0 saturated carbocycles. The predicted molar refractivity (Wildman–Crippen MR) is 78.3 cm³/mol. The van der Waals surface area contributed by atoms with Crippen LogP contribution in [-0.2, 0) is 14.2 Å². The summed E-state index contributed by atoms with van der Waals surface area (Å²) in [6.45, 7) is 7.36. The molecule has 0 aliphatic carbocycles. The minimum atomic E-state index is -0.434. The Kier molecular flexibility index (Phi) is 7.46. The minimum Gasteiger partial charge on any atom is -0.462 e. The third kappa shape index (κ3) is 6.40. The molecule has 0 saturated heterocycles. The van der Waals surface area contributed by atoms with E-state index in [2.05, 4.69) is 0 Å². The maximum absolute atomic E-state index is 11.7. The van der Waals surface area contributed by atoms with Crippen molar-refractivity contribution in [1.29, 1.82) is 0 Å². The van der Waals surface area contributed by atoms with E-state index in [4.69, 9.17) is 14.2 Å². The van der Waals surface area contributed by atoms with E-state index in [-0.39, 0.29) is 18.5 Å². The van der Waals surface area contributed by atoms with Crippen molar-refractivity contribution in [2.75, 3.05) is 26.4 Å². The number of ether oxygens (including phenoxy) is 3. The van der Waals surface area contributed by atoms with Gasteiger partial charge in [-0.2, -0.15) is 0 Å². The largest absolute Gasteiger partial charge is 0.462 e. The second-order valence-corrected chi connectivity index (χ2v) is 4.90. The van der Waals surface area contributed by atoms with E-state index in [1.165, 1.54) is 0 Å². The van der Waals surface area contributed by atoms with Crippen molar-refractivity contribution >= 4 is 11.9 Å². The van der Waals surface area contributed by atoms with Gasteiger partial charge in [-0.25, -0.2) is 9.59 Å². The fraction of sp³-hybridized carbons (Fsp3) is 0.500. The molecule has 0 aliphatic heterocycles. The molecule has 0 heterocycles. The van der Waals surface area contributed by atoms with E-state index >= 15 is 0 Å². The van der Waals surface area contributed by atoms with Crippen molar-refractivity contribution in [3.8, 4) is 0 Å². The highest BCUT2D eigenvalue weighted by Crippen LogP contribution is 2.08. The molecule has 0 aliphatic rings. The molecule has 21 heavy (non-hydrogen) atoms. The average Bonchev–Trinajstić information content (AvgIpc) is 2.49. The molecule has 0 atom stereocenters. The lowest BCUT2D eigenvalue weighted by molar-refractivity contribution is 0.0334. The van der Waals surface area contributed by atoms with Crippen LogP contribution in [0.5, 0.6) is 0 Å². The lowest BCUT2D eigenvalue weighted by Crippen LogP contribution is -2.12. The molecule has 1 rings (SSSR count). The fourth-order valence-corrected chi connectivity index (χ4v) is 1.49. The Bertz CT molecular complexity index is 450. The Balaban J connectivity index is 2.49. The summed E-state index contributed by atoms with van der Waals surface area (Å²) >= 11 is 0. The quantitative estimate of drug-likeness (QED) is 0.545. The zero-order valence-electron chi connectivity index (χ0n) is 12.8. The van der Waals surface area contributed by atoms with Crippen molar-refractivity contribution < 1.29 is 23.8 Å². The summed E-state index contributed by atoms with van der Waals surface area (Å²) in [7, 11) is 0. The smallest absolute Gasteiger partial charge is 0.338 e. The van der Waals surface area contributed by atoms with Crippen molar-refractivity contribution in [3.63, 3.8) is 0 Å². The second kappa shape index (κ2) is 9.13. The monoisotopic (exact) mass is 294 g/mol. The summed E-state index contributed by atoms with van der Waals surface area (Å²) < 4.78 is 15.2. The van der Waals surface area contributed by atoms with Gasteiger partial charge in [0.2, 0.25) is 0 Å². The number of carbonyl (C=O) groups is 2. The van der Waals surface area contributed by atoms with Gasteiger partial charge in [0.05, 0.1) is 24.3 Å². The number of benzene rings is 1. The molecule has 0 N–H and O–H groups in total. The van der Waals surface area contributed by atoms with Crippen LogP contribution in [0, 0.1) is 5.92 Å². The molecule has 1 aromatic carbocycles. The molecule has 0 bridgehead atoms. The van der Waals surface area contributed by atoms with Gasteiger partial charge >= 0.3 is 11.9 Å². The highest BCUT2D eigenvalue weighted by molar-refractivity contribution is 5.93. The summed E-state index contributed by atoms with van der Waals surface area (Å²) in [5, 5.41) is 0. The van der Waals surface area contributed by atoms with Gasteiger partial charge in [-0.3, -0.25) is 0 Å². The predicted octanol–water partition coefficient (Wildman–Crippen LogP) is 2.69. The Morgan fingerprint density at radius 2 is 1.48 bits per heavy atom. The molecule has 116 valence electrons. The van der Waals surface area contributed by atoms with Gasteiger partial charge in [-0.05, 0) is 37.1 Å². The first-order chi connectivity index (χ1) is 10.0. The van der Waals surface area contributed by atoms with Gasteiger partial charge in [0.15, 0.2) is 0 Å². The molecule has 5 nitrogen and oxygen atoms in total. The Morgan fingerprint density at radius 1 is 0.952 bits per heavy atom. The fourth-order valence-electron chi connectivity index (χ4n) is 1.49. The summed E-state index contributed by atoms with van der Waals surface area (Å²) in [6, 6.07) is 6.22. The van der Waals surface area contributed by atoms with E-state index < -0.39 is 5.97 Å². The van der Waals surface area contributed by atoms with Crippen LogP contribution in [0.25, 0.3) is 0 Å². The Labute approximate surface area is 125 Å². The van der Waals surface area contributed by atoms with Gasteiger partial charge in [0.1, 0.15) is 6.61 Å². The van der Waals surface area contributed by atoms with E-state index in [0.29, 0.717) is 30.9 Å². The number of hydrogen-bond acceptors (Lipinski definition) is 5. The first kappa shape index (κ1) is 17.2. The Hall–Kier alpha value is -1.88. The molecule has 1 aromatic rings. The summed E-state index contributed by atoms with van der Waals surface area (Å²) in [6.07, 6.45) is 0. The topological polar surface area (TPSA) is 61.8 Å². The van der Waals surface area contributed by atoms with E-state index in [0.717, 1.165) is 0 Å². The molecule has 0 unspecified atom stereocenters. The second-order valence-electron chi connectivity index (χ2n) is 4.90. The molecule has 0 radical (unpaired) electrons. The van der Waals surface area contributed by atoms with Crippen LogP contribution in [0.3, 0.4) is 0 Å². The highest BCUT2D eigenvalue weighted by atomic mass is 16.6. The minimum absolute atomic E-state index is 0.213. The van der Waals surface area contributed by atoms with Crippen LogP contribution in [0.1, 0.15) is 41.5 Å². The van der Waals surface area contributed by atoms with Crippen molar-refractivity contribution in [2.45, 2.75) is 20.8 Å². The third-order valence-corrected chi connectivity index (χ3v) is 2.57. The van der Waals surface area contributed by atoms with Crippen LogP contribution in [0.2, 0.25) is 0 Å². The van der Waals surface area contributed by atoms with Gasteiger partial charge < -0.3 is 14.2 Å². The molecule has 0 spiro atoms. The normalized spacial score (nSPS) is 10.5. The number of rotatable bonds is 8. The molecule has 5 heteroatoms. The van der Waals surface area contributed by atoms with E-state index in [9.17, 15) is 9.59 Å². The lowest BCUT2D eigenvalue weighted by Gasteiger charge is -2.08. The zero-order valence-corrected chi connectivity index (χ0v) is 12.8. The summed E-state index contributed by atoms with van der Waals surface area (Å²) in [4.78, 5) is 23.4. The zero-order chi connectivity index (χ0) is 15.7. The van der Waals surface area contributed by atoms with Crippen LogP contribution < -0.4 is 0 Å². The van der Waals surface area contributed by atoms with Crippen LogP contribution in [0.4, 0.5) is 0 Å². The molecule has 0 amide bonds. The van der Waals surface area contributed by atoms with Gasteiger partial charge in [0, 0.05) is 6.61 Å². The maximum atomic E-state index is 11.7. The highest BCUT2D eigenvalue weighted by Gasteiger charge is 2.11. The molecule has 0 aromatic heterocycles. The standard InChI is InChI=1S/C16H22O5/c1-4-19-9-10-20-15(17)13-5-7-14(8-6-13)16(18)21-11-12(2)3/h5-8,12H,4,9-11H2,1-3H3. The Morgan fingerprint density at radius 3 is 1.95 bits per heavy atom. The van der Waals surface area contributed by atoms with Crippen molar-refractivity contribution in [2.24, 2.45) is 5.92 Å². The first-order valence-electron chi connectivity index (χ1n) is 7.06. The molecular formula is C16H22O5. The van der Waals surface area contributed by atoms with Gasteiger partial charge in [-0.15, -0.1) is 0 Å². The number of esters is 2. The number of hydrogen-bond donors (Lipinski definition) is 0. The summed E-state index contributed by atoms with van der Waals surface area (Å²) in [5.74, 6) is -0.537. The van der Waals surface area contributed by atoms with E-state index in [1.54, 1.807) is 24.3 Å². The lowest BCUT2D eigenvalue weighted by atomic mass is 10.1. The average molecular weight is 294 g/mol. The first-order valence-corrected chi connectivity index (χ1v) is 7.06. The SMILES string of the molecule is CCOCCOC(=O)c1ccc(C(=O)OCC(C)C)cc1. The maximum Gasteiger partial charge on any atom is 0.338 e. The summed E-state index contributed by atoms with van der Waals surface area (Å²) in [5.41, 5.74) is 0.813. The van der Waals surface area contributed by atoms with Crippen LogP contribution in [0.15, 0.2) is 24.3 Å². The van der Waals surface area contributed by atoms with Crippen molar-refractivity contribution in [3.05, 3.63) is 35.4 Å². The van der Waals surface area contributed by atoms with Crippen molar-refractivity contribution in [1.82, 2.24) is 0 Å². The number of carbonyl (C=O) groups excluding carboxylic acids is 2. The molecular weight excluding hydrogens is 272 g/mol. The van der Waals surface area contributed by atoms with Crippen LogP contribution in [-0.4, -0.2) is 38.4 Å².